The van der Waals surface area contributed by atoms with E-state index < -0.39 is 0 Å². The molecule has 6 heteroatoms. The molecule has 0 aliphatic carbocycles. The van der Waals surface area contributed by atoms with E-state index in [0.29, 0.717) is 5.82 Å². The van der Waals surface area contributed by atoms with Gasteiger partial charge in [0, 0.05) is 12.6 Å². The Morgan fingerprint density at radius 1 is 1.35 bits per heavy atom. The van der Waals surface area contributed by atoms with Crippen molar-refractivity contribution in [2.75, 3.05) is 12.5 Å². The first kappa shape index (κ1) is 10.5. The van der Waals surface area contributed by atoms with Gasteiger partial charge in [-0.1, -0.05) is 0 Å². The molecule has 1 aromatic carbocycles. The minimum Gasteiger partial charge on any atom is -0.454 e. The van der Waals surface area contributed by atoms with Crippen LogP contribution >= 0.6 is 15.9 Å². The molecule has 1 aliphatic heterocycles. The van der Waals surface area contributed by atoms with Crippen LogP contribution in [0.5, 0.6) is 11.5 Å². The summed E-state index contributed by atoms with van der Waals surface area (Å²) in [7, 11) is 1.80. The van der Waals surface area contributed by atoms with Crippen molar-refractivity contribution in [3.63, 3.8) is 0 Å². The predicted octanol–water partition coefficient (Wildman–Crippen LogP) is 2.16. The number of benzene rings is 1. The summed E-state index contributed by atoms with van der Waals surface area (Å²) in [6.45, 7) is 0.268. The highest BCUT2D eigenvalue weighted by molar-refractivity contribution is 9.10. The molecule has 88 valence electrons. The van der Waals surface area contributed by atoms with Gasteiger partial charge in [-0.15, -0.1) is 0 Å². The SMILES string of the molecule is Cn1nc(-c2ccc3c(c2)OCO3)c(Br)c1N. The van der Waals surface area contributed by atoms with Crippen LogP contribution in [0.4, 0.5) is 5.82 Å². The Hall–Kier alpha value is -1.69. The van der Waals surface area contributed by atoms with E-state index in [1.165, 1.54) is 0 Å². The van der Waals surface area contributed by atoms with Crippen LogP contribution in [0, 0.1) is 0 Å². The van der Waals surface area contributed by atoms with Gasteiger partial charge in [-0.3, -0.25) is 4.68 Å². The van der Waals surface area contributed by atoms with Gasteiger partial charge in [-0.05, 0) is 34.1 Å². The quantitative estimate of drug-likeness (QED) is 0.876. The van der Waals surface area contributed by atoms with E-state index in [2.05, 4.69) is 21.0 Å². The van der Waals surface area contributed by atoms with Crippen LogP contribution in [0.25, 0.3) is 11.3 Å². The number of rotatable bonds is 1. The second kappa shape index (κ2) is 3.66. The Bertz CT molecular complexity index is 595. The van der Waals surface area contributed by atoms with Crippen LogP contribution < -0.4 is 15.2 Å². The number of ether oxygens (including phenoxy) is 2. The van der Waals surface area contributed by atoms with Gasteiger partial charge in [-0.2, -0.15) is 5.10 Å². The lowest BCUT2D eigenvalue weighted by atomic mass is 10.1. The minimum absolute atomic E-state index is 0.268. The molecule has 17 heavy (non-hydrogen) atoms. The van der Waals surface area contributed by atoms with Gasteiger partial charge in [-0.25, -0.2) is 0 Å². The van der Waals surface area contributed by atoms with Crippen LogP contribution in [0.2, 0.25) is 0 Å². The maximum absolute atomic E-state index is 5.85. The normalized spacial score (nSPS) is 13.1. The molecule has 1 aromatic heterocycles. The Labute approximate surface area is 106 Å². The van der Waals surface area contributed by atoms with E-state index in [1.54, 1.807) is 11.7 Å². The van der Waals surface area contributed by atoms with Crippen molar-refractivity contribution >= 4 is 21.7 Å². The predicted molar refractivity (Wildman–Crippen MR) is 66.9 cm³/mol. The highest BCUT2D eigenvalue weighted by Crippen LogP contribution is 2.38. The van der Waals surface area contributed by atoms with Gasteiger partial charge in [0.15, 0.2) is 11.5 Å². The monoisotopic (exact) mass is 295 g/mol. The van der Waals surface area contributed by atoms with Crippen molar-refractivity contribution in [2.24, 2.45) is 7.05 Å². The van der Waals surface area contributed by atoms with E-state index in [0.717, 1.165) is 27.2 Å². The minimum atomic E-state index is 0.268. The number of aromatic nitrogens is 2. The van der Waals surface area contributed by atoms with E-state index in [9.17, 15) is 0 Å². The standard InChI is InChI=1S/C11H10BrN3O2/c1-15-11(13)9(12)10(14-15)6-2-3-7-8(4-6)17-5-16-7/h2-4H,5,13H2,1H3. The maximum Gasteiger partial charge on any atom is 0.231 e. The number of nitrogen functional groups attached to an aromatic ring is 1. The van der Waals surface area contributed by atoms with Crippen molar-refractivity contribution in [3.05, 3.63) is 22.7 Å². The van der Waals surface area contributed by atoms with Gasteiger partial charge < -0.3 is 15.2 Å². The highest BCUT2D eigenvalue weighted by atomic mass is 79.9. The third-order valence-electron chi connectivity index (χ3n) is 2.68. The van der Waals surface area contributed by atoms with Crippen molar-refractivity contribution in [2.45, 2.75) is 0 Å². The molecule has 0 radical (unpaired) electrons. The van der Waals surface area contributed by atoms with Gasteiger partial charge in [0.25, 0.3) is 0 Å². The molecule has 2 heterocycles. The third-order valence-corrected chi connectivity index (χ3v) is 3.46. The largest absolute Gasteiger partial charge is 0.454 e. The lowest BCUT2D eigenvalue weighted by Gasteiger charge is -2.00. The summed E-state index contributed by atoms with van der Waals surface area (Å²) in [5.41, 5.74) is 7.58. The summed E-state index contributed by atoms with van der Waals surface area (Å²) >= 11 is 3.44. The van der Waals surface area contributed by atoms with E-state index >= 15 is 0 Å². The zero-order chi connectivity index (χ0) is 12.0. The van der Waals surface area contributed by atoms with E-state index in [-0.39, 0.29) is 6.79 Å². The van der Waals surface area contributed by atoms with Crippen LogP contribution in [0.15, 0.2) is 22.7 Å². The highest BCUT2D eigenvalue weighted by Gasteiger charge is 2.18. The molecule has 3 rings (SSSR count). The summed E-state index contributed by atoms with van der Waals surface area (Å²) in [5.74, 6) is 2.09. The zero-order valence-electron chi connectivity index (χ0n) is 9.11. The fourth-order valence-corrected chi connectivity index (χ4v) is 2.30. The molecule has 1 aliphatic rings. The number of halogens is 1. The third kappa shape index (κ3) is 1.56. The molecule has 2 N–H and O–H groups in total. The molecule has 0 fully saturated rings. The smallest absolute Gasteiger partial charge is 0.231 e. The number of fused-ring (bicyclic) bond motifs is 1. The topological polar surface area (TPSA) is 62.3 Å². The lowest BCUT2D eigenvalue weighted by molar-refractivity contribution is 0.174. The van der Waals surface area contributed by atoms with Crippen molar-refractivity contribution < 1.29 is 9.47 Å². The molecule has 0 saturated heterocycles. The van der Waals surface area contributed by atoms with E-state index in [1.807, 2.05) is 18.2 Å². The molecular weight excluding hydrogens is 286 g/mol. The summed E-state index contributed by atoms with van der Waals surface area (Å²) in [4.78, 5) is 0. The number of nitrogens with zero attached hydrogens (tertiary/aromatic N) is 2. The Morgan fingerprint density at radius 3 is 2.82 bits per heavy atom. The average molecular weight is 296 g/mol. The lowest BCUT2D eigenvalue weighted by Crippen LogP contribution is -1.97. The van der Waals surface area contributed by atoms with Gasteiger partial charge >= 0.3 is 0 Å². The molecule has 2 aromatic rings. The summed E-state index contributed by atoms with van der Waals surface area (Å²) in [6, 6.07) is 5.70. The Balaban J connectivity index is 2.12. The second-order valence-corrected chi connectivity index (χ2v) is 4.53. The van der Waals surface area contributed by atoms with Gasteiger partial charge in [0.05, 0.1) is 4.47 Å². The number of aryl methyl sites for hydroxylation is 1. The summed E-state index contributed by atoms with van der Waals surface area (Å²) in [5, 5.41) is 4.35. The number of hydrogen-bond donors (Lipinski definition) is 1. The van der Waals surface area contributed by atoms with Crippen molar-refractivity contribution in [1.29, 1.82) is 0 Å². The summed E-state index contributed by atoms with van der Waals surface area (Å²) in [6.07, 6.45) is 0. The molecule has 0 bridgehead atoms. The van der Waals surface area contributed by atoms with E-state index in [4.69, 9.17) is 15.2 Å². The van der Waals surface area contributed by atoms with Gasteiger partial charge in [0.2, 0.25) is 6.79 Å². The number of anilines is 1. The number of hydrogen-bond acceptors (Lipinski definition) is 4. The van der Waals surface area contributed by atoms with Crippen LogP contribution in [-0.2, 0) is 7.05 Å². The Morgan fingerprint density at radius 2 is 2.12 bits per heavy atom. The molecule has 0 spiro atoms. The molecule has 0 amide bonds. The summed E-state index contributed by atoms with van der Waals surface area (Å²) < 4.78 is 13.0. The molecule has 5 nitrogen and oxygen atoms in total. The Kier molecular flexibility index (Phi) is 2.25. The second-order valence-electron chi connectivity index (χ2n) is 3.74. The molecule has 0 unspecified atom stereocenters. The molecule has 0 atom stereocenters. The zero-order valence-corrected chi connectivity index (χ0v) is 10.7. The van der Waals surface area contributed by atoms with Crippen molar-refractivity contribution in [1.82, 2.24) is 9.78 Å². The molecular formula is C11H10BrN3O2. The number of nitrogens with two attached hydrogens (primary N) is 1. The van der Waals surface area contributed by atoms with Crippen LogP contribution in [0.3, 0.4) is 0 Å². The first-order valence-corrected chi connectivity index (χ1v) is 5.84. The van der Waals surface area contributed by atoms with Crippen molar-refractivity contribution in [3.8, 4) is 22.8 Å². The fourth-order valence-electron chi connectivity index (χ4n) is 1.74. The maximum atomic E-state index is 5.85. The van der Waals surface area contributed by atoms with Crippen LogP contribution in [-0.4, -0.2) is 16.6 Å². The first-order chi connectivity index (χ1) is 8.16. The molecule has 0 saturated carbocycles. The average Bonchev–Trinajstić information content (AvgIpc) is 2.89. The first-order valence-electron chi connectivity index (χ1n) is 5.05. The fraction of sp³-hybridized carbons (Fsp3) is 0.182. The van der Waals surface area contributed by atoms with Gasteiger partial charge in [0.1, 0.15) is 11.5 Å². The van der Waals surface area contributed by atoms with Crippen LogP contribution in [0.1, 0.15) is 0 Å².